The van der Waals surface area contributed by atoms with Crippen molar-refractivity contribution in [2.45, 2.75) is 159 Å². The third kappa shape index (κ3) is 16.1. The molecule has 0 aromatic heterocycles. The standard InChI is InChI=1S/C40H72N10O10S2/c1-22(2)29(44)37(56)50-20-12-15-27(50)34(53)45-25(13-7-9-17-41)33(52)48-31(39(59)60)40(5,6)62-61-21-24(43)32(51)46-26(14-8-10-18-42)36(55)49-19-11-16-28(49)35(54)47-30(23(3)4)38(57)58/h22-31H,7-21,41-44H2,1-6H3,(H,45,53)(H,46,51)(H,47,54)(H,48,52)(H,57,58)(H,59,60)/t24-,25-,26-,27-,28-,29-,30-,31-/m0/s1. The number of nitrogens with one attached hydrogen (secondary N) is 4. The highest BCUT2D eigenvalue weighted by Gasteiger charge is 2.42. The Bertz CT molecular complexity index is 1560. The number of carbonyl (C=O) groups excluding carboxylic acids is 6. The van der Waals surface area contributed by atoms with Gasteiger partial charge in [-0.05, 0) is 103 Å². The van der Waals surface area contributed by atoms with Crippen LogP contribution in [-0.2, 0) is 38.4 Å². The van der Waals surface area contributed by atoms with Crippen LogP contribution in [0.3, 0.4) is 0 Å². The summed E-state index contributed by atoms with van der Waals surface area (Å²) in [7, 11) is 2.18. The van der Waals surface area contributed by atoms with Crippen LogP contribution >= 0.6 is 21.6 Å². The van der Waals surface area contributed by atoms with Crippen LogP contribution in [0.4, 0.5) is 0 Å². The van der Waals surface area contributed by atoms with Crippen molar-refractivity contribution in [2.24, 2.45) is 34.8 Å². The minimum absolute atomic E-state index is 0.0146. The Labute approximate surface area is 373 Å². The molecule has 0 bridgehead atoms. The average Bonchev–Trinajstić information content (AvgIpc) is 3.91. The third-order valence-electron chi connectivity index (χ3n) is 11.1. The molecule has 0 radical (unpaired) electrons. The van der Waals surface area contributed by atoms with Gasteiger partial charge >= 0.3 is 11.9 Å². The van der Waals surface area contributed by atoms with Gasteiger partial charge in [-0.2, -0.15) is 0 Å². The topological polar surface area (TPSA) is 336 Å². The fourth-order valence-electron chi connectivity index (χ4n) is 7.26. The minimum atomic E-state index is -1.46. The Morgan fingerprint density at radius 1 is 0.677 bits per heavy atom. The first-order valence-electron chi connectivity index (χ1n) is 21.6. The second-order valence-electron chi connectivity index (χ2n) is 17.3. The molecular formula is C40H72N10O10S2. The van der Waals surface area contributed by atoms with E-state index >= 15 is 0 Å². The number of nitrogens with zero attached hydrogens (tertiary/aromatic N) is 2. The summed E-state index contributed by atoms with van der Waals surface area (Å²) in [5.74, 6) is -6.43. The van der Waals surface area contributed by atoms with Crippen LogP contribution in [0, 0.1) is 11.8 Å². The molecule has 2 aliphatic heterocycles. The predicted molar refractivity (Wildman–Crippen MR) is 238 cm³/mol. The predicted octanol–water partition coefficient (Wildman–Crippen LogP) is -0.539. The van der Waals surface area contributed by atoms with Gasteiger partial charge in [0.1, 0.15) is 36.3 Å². The van der Waals surface area contributed by atoms with Crippen molar-refractivity contribution in [3.8, 4) is 0 Å². The van der Waals surface area contributed by atoms with Crippen molar-refractivity contribution in [1.29, 1.82) is 0 Å². The Hall–Kier alpha value is -3.70. The lowest BCUT2D eigenvalue weighted by Gasteiger charge is -2.33. The van der Waals surface area contributed by atoms with Gasteiger partial charge in [-0.25, -0.2) is 9.59 Å². The maximum absolute atomic E-state index is 13.9. The summed E-state index contributed by atoms with van der Waals surface area (Å²) < 4.78 is -1.18. The molecule has 0 spiro atoms. The Morgan fingerprint density at radius 2 is 1.19 bits per heavy atom. The minimum Gasteiger partial charge on any atom is -0.480 e. The Balaban J connectivity index is 2.12. The third-order valence-corrected chi connectivity index (χ3v) is 14.5. The smallest absolute Gasteiger partial charge is 0.327 e. The van der Waals surface area contributed by atoms with E-state index in [9.17, 15) is 48.6 Å². The molecule has 2 aliphatic rings. The van der Waals surface area contributed by atoms with Gasteiger partial charge in [0.15, 0.2) is 0 Å². The quantitative estimate of drug-likeness (QED) is 0.0365. The maximum Gasteiger partial charge on any atom is 0.327 e. The van der Waals surface area contributed by atoms with E-state index in [0.29, 0.717) is 71.0 Å². The molecular weight excluding hydrogens is 845 g/mol. The number of carboxylic acid groups (broad SMARTS) is 2. The number of hydrogen-bond acceptors (Lipinski definition) is 14. The summed E-state index contributed by atoms with van der Waals surface area (Å²) >= 11 is 0. The molecule has 62 heavy (non-hydrogen) atoms. The van der Waals surface area contributed by atoms with Crippen molar-refractivity contribution in [1.82, 2.24) is 31.1 Å². The molecule has 2 saturated heterocycles. The van der Waals surface area contributed by atoms with Gasteiger partial charge in [-0.3, -0.25) is 28.8 Å². The molecule has 0 aromatic carbocycles. The number of likely N-dealkylation sites (tertiary alicyclic amines) is 2. The van der Waals surface area contributed by atoms with E-state index in [1.807, 2.05) is 13.8 Å². The largest absolute Gasteiger partial charge is 0.480 e. The van der Waals surface area contributed by atoms with Crippen LogP contribution in [-0.4, -0.2) is 152 Å². The molecule has 8 atom stereocenters. The van der Waals surface area contributed by atoms with Crippen LogP contribution < -0.4 is 44.2 Å². The molecule has 2 rings (SSSR count). The van der Waals surface area contributed by atoms with E-state index in [4.69, 9.17) is 22.9 Å². The molecule has 0 unspecified atom stereocenters. The number of amides is 6. The van der Waals surface area contributed by atoms with Crippen molar-refractivity contribution >= 4 is 69.0 Å². The summed E-state index contributed by atoms with van der Waals surface area (Å²) in [6.45, 7) is 11.4. The van der Waals surface area contributed by atoms with Crippen molar-refractivity contribution in [3.05, 3.63) is 0 Å². The van der Waals surface area contributed by atoms with Gasteiger partial charge < -0.3 is 64.2 Å². The number of unbranched alkanes of at least 4 members (excludes halogenated alkanes) is 2. The van der Waals surface area contributed by atoms with E-state index in [-0.39, 0.29) is 37.0 Å². The number of rotatable bonds is 27. The first-order chi connectivity index (χ1) is 29.1. The monoisotopic (exact) mass is 916 g/mol. The fourth-order valence-corrected chi connectivity index (χ4v) is 10.0. The van der Waals surface area contributed by atoms with Crippen LogP contribution in [0.1, 0.15) is 106 Å². The zero-order chi connectivity index (χ0) is 46.9. The molecule has 0 aromatic rings. The normalized spacial score (nSPS) is 19.6. The Morgan fingerprint density at radius 3 is 1.68 bits per heavy atom. The van der Waals surface area contributed by atoms with Crippen LogP contribution in [0.15, 0.2) is 0 Å². The first kappa shape index (κ1) is 54.4. The van der Waals surface area contributed by atoms with E-state index in [0.717, 1.165) is 21.6 Å². The highest BCUT2D eigenvalue weighted by Crippen LogP contribution is 2.38. The average molecular weight is 917 g/mol. The molecule has 0 aliphatic carbocycles. The number of carboxylic acids is 2. The highest BCUT2D eigenvalue weighted by atomic mass is 33.1. The lowest BCUT2D eigenvalue weighted by molar-refractivity contribution is -0.146. The lowest BCUT2D eigenvalue weighted by Crippen LogP contribution is -2.59. The number of nitrogens with two attached hydrogens (primary N) is 4. The second kappa shape index (κ2) is 26.2. The van der Waals surface area contributed by atoms with Gasteiger partial charge in [-0.1, -0.05) is 49.3 Å². The summed E-state index contributed by atoms with van der Waals surface area (Å²) in [5.41, 5.74) is 23.8. The molecule has 22 heteroatoms. The van der Waals surface area contributed by atoms with Gasteiger partial charge in [-0.15, -0.1) is 0 Å². The molecule has 20 nitrogen and oxygen atoms in total. The molecule has 2 heterocycles. The van der Waals surface area contributed by atoms with Gasteiger partial charge in [0.2, 0.25) is 35.4 Å². The molecule has 14 N–H and O–H groups in total. The second-order valence-corrected chi connectivity index (χ2v) is 20.3. The SMILES string of the molecule is CC(C)[C@H](N)C(=O)N1CCC[C@H]1C(=O)N[C@@H](CCCCN)C(=O)N[C@@H](C(=O)O)C(C)(C)SSC[C@H](N)C(=O)N[C@@H](CCCCN)C(=O)N1CCC[C@H]1C(=O)N[C@H](C(=O)O)C(C)C. The summed E-state index contributed by atoms with van der Waals surface area (Å²) in [5, 5.41) is 30.5. The van der Waals surface area contributed by atoms with Crippen molar-refractivity contribution in [2.75, 3.05) is 31.9 Å². The highest BCUT2D eigenvalue weighted by molar-refractivity contribution is 8.77. The van der Waals surface area contributed by atoms with E-state index < -0.39 is 100 Å². The van der Waals surface area contributed by atoms with E-state index in [2.05, 4.69) is 21.3 Å². The van der Waals surface area contributed by atoms with Crippen LogP contribution in [0.5, 0.6) is 0 Å². The molecule has 6 amide bonds. The van der Waals surface area contributed by atoms with Crippen LogP contribution in [0.2, 0.25) is 0 Å². The van der Waals surface area contributed by atoms with Gasteiger partial charge in [0.05, 0.1) is 16.8 Å². The van der Waals surface area contributed by atoms with Gasteiger partial charge in [0.25, 0.3) is 0 Å². The molecule has 354 valence electrons. The summed E-state index contributed by atoms with van der Waals surface area (Å²) in [6.07, 6.45) is 4.26. The number of hydrogen-bond donors (Lipinski definition) is 10. The van der Waals surface area contributed by atoms with E-state index in [1.165, 1.54) is 9.80 Å². The fraction of sp³-hybridized carbons (Fsp3) is 0.800. The Kier molecular flexibility index (Phi) is 23.0. The molecule has 2 fully saturated rings. The van der Waals surface area contributed by atoms with Gasteiger partial charge in [0, 0.05) is 18.8 Å². The van der Waals surface area contributed by atoms with Crippen LogP contribution in [0.25, 0.3) is 0 Å². The number of aliphatic carboxylic acids is 2. The van der Waals surface area contributed by atoms with Crippen molar-refractivity contribution < 1.29 is 48.6 Å². The summed E-state index contributed by atoms with van der Waals surface area (Å²) in [4.78, 5) is 108. The number of carbonyl (C=O) groups is 8. The van der Waals surface area contributed by atoms with Crippen molar-refractivity contribution in [3.63, 3.8) is 0 Å². The zero-order valence-corrected chi connectivity index (χ0v) is 38.7. The summed E-state index contributed by atoms with van der Waals surface area (Å²) in [6, 6.07) is -8.44. The maximum atomic E-state index is 13.9. The van der Waals surface area contributed by atoms with E-state index in [1.54, 1.807) is 27.7 Å². The first-order valence-corrected chi connectivity index (χ1v) is 23.9. The lowest BCUT2D eigenvalue weighted by atomic mass is 10.0. The zero-order valence-electron chi connectivity index (χ0n) is 37.1. The molecule has 0 saturated carbocycles.